The third-order valence-corrected chi connectivity index (χ3v) is 7.81. The third-order valence-electron chi connectivity index (χ3n) is 7.58. The summed E-state index contributed by atoms with van der Waals surface area (Å²) in [6.07, 6.45) is -0.237. The van der Waals surface area contributed by atoms with Crippen LogP contribution in [0.3, 0.4) is 0 Å². The zero-order valence-electron chi connectivity index (χ0n) is 22.3. The molecule has 2 aliphatic rings. The molecule has 2 aromatic carbocycles. The van der Waals surface area contributed by atoms with Gasteiger partial charge in [0.25, 0.3) is 0 Å². The third kappa shape index (κ3) is 6.34. The topological polar surface area (TPSA) is 102 Å². The largest absolute Gasteiger partial charge is 0.491 e. The summed E-state index contributed by atoms with van der Waals surface area (Å²) in [6, 6.07) is 13.2. The van der Waals surface area contributed by atoms with Crippen molar-refractivity contribution in [2.24, 2.45) is 0 Å². The smallest absolute Gasteiger partial charge is 0.410 e. The van der Waals surface area contributed by atoms with Crippen molar-refractivity contribution in [1.29, 1.82) is 0 Å². The summed E-state index contributed by atoms with van der Waals surface area (Å²) in [6.45, 7) is 7.80. The molecule has 2 atom stereocenters. The molecular formula is C29H37ClN4O5. The molecule has 2 unspecified atom stereocenters. The molecule has 2 aliphatic heterocycles. The molecule has 0 spiro atoms. The number of rotatable bonds is 9. The summed E-state index contributed by atoms with van der Waals surface area (Å²) in [7, 11) is 0. The molecule has 10 heteroatoms. The van der Waals surface area contributed by atoms with Crippen molar-refractivity contribution >= 4 is 28.6 Å². The van der Waals surface area contributed by atoms with Crippen molar-refractivity contribution in [3.63, 3.8) is 0 Å². The monoisotopic (exact) mass is 556 g/mol. The van der Waals surface area contributed by atoms with Crippen LogP contribution >= 0.6 is 11.6 Å². The Morgan fingerprint density at radius 2 is 1.85 bits per heavy atom. The number of hydrogen-bond acceptors (Lipinski definition) is 7. The molecular weight excluding hydrogens is 520 g/mol. The fourth-order valence-corrected chi connectivity index (χ4v) is 5.81. The minimum absolute atomic E-state index is 0.175. The highest BCUT2D eigenvalue weighted by molar-refractivity contribution is 6.31. The van der Waals surface area contributed by atoms with E-state index in [4.69, 9.17) is 26.2 Å². The lowest BCUT2D eigenvalue weighted by atomic mass is 9.92. The van der Waals surface area contributed by atoms with E-state index in [0.717, 1.165) is 48.3 Å². The number of halogens is 1. The molecule has 0 aliphatic carbocycles. The average Bonchev–Trinajstić information content (AvgIpc) is 3.31. The van der Waals surface area contributed by atoms with Gasteiger partial charge < -0.3 is 24.7 Å². The summed E-state index contributed by atoms with van der Waals surface area (Å²) in [4.78, 5) is 22.7. The summed E-state index contributed by atoms with van der Waals surface area (Å²) < 4.78 is 11.3. The van der Waals surface area contributed by atoms with Crippen molar-refractivity contribution in [3.05, 3.63) is 64.3 Å². The molecule has 0 bridgehead atoms. The Hall–Kier alpha value is -2.82. The van der Waals surface area contributed by atoms with Gasteiger partial charge in [0.2, 0.25) is 0 Å². The molecule has 0 saturated carbocycles. The molecule has 0 radical (unpaired) electrons. The van der Waals surface area contributed by atoms with Crippen LogP contribution in [-0.2, 0) is 11.2 Å². The van der Waals surface area contributed by atoms with Gasteiger partial charge in [-0.2, -0.15) is 0 Å². The van der Waals surface area contributed by atoms with Gasteiger partial charge in [-0.3, -0.25) is 14.7 Å². The minimum atomic E-state index is -0.604. The van der Waals surface area contributed by atoms with Crippen LogP contribution < -0.4 is 4.74 Å². The molecule has 1 fully saturated rings. The maximum atomic E-state index is 12.9. The number of aromatic nitrogens is 1. The number of aliphatic hydroxyl groups excluding tert-OH is 2. The van der Waals surface area contributed by atoms with Gasteiger partial charge >= 0.3 is 6.09 Å². The fraction of sp³-hybridized carbons (Fsp3) is 0.483. The second-order valence-electron chi connectivity index (χ2n) is 10.2. The molecule has 1 amide bonds. The minimum Gasteiger partial charge on any atom is -0.491 e. The number of aliphatic hydroxyl groups is 2. The summed E-state index contributed by atoms with van der Waals surface area (Å²) >= 11 is 6.29. The first-order valence-corrected chi connectivity index (χ1v) is 14.0. The van der Waals surface area contributed by atoms with E-state index in [1.165, 1.54) is 5.56 Å². The number of carbonyl (C=O) groups excluding carboxylic acids is 1. The van der Waals surface area contributed by atoms with Crippen LogP contribution in [0.15, 0.2) is 42.5 Å². The number of amides is 1. The van der Waals surface area contributed by atoms with Crippen molar-refractivity contribution in [2.75, 3.05) is 65.6 Å². The summed E-state index contributed by atoms with van der Waals surface area (Å²) in [5.41, 5.74) is 4.06. The predicted octanol–water partition coefficient (Wildman–Crippen LogP) is 3.27. The van der Waals surface area contributed by atoms with Crippen LogP contribution in [-0.4, -0.2) is 108 Å². The highest BCUT2D eigenvalue weighted by atomic mass is 35.5. The highest BCUT2D eigenvalue weighted by Gasteiger charge is 2.35. The van der Waals surface area contributed by atoms with Gasteiger partial charge in [0.05, 0.1) is 13.2 Å². The quantitative estimate of drug-likeness (QED) is 0.372. The zero-order chi connectivity index (χ0) is 27.4. The normalized spacial score (nSPS) is 19.2. The molecule has 1 saturated heterocycles. The van der Waals surface area contributed by atoms with E-state index in [0.29, 0.717) is 43.4 Å². The van der Waals surface area contributed by atoms with E-state index < -0.39 is 6.10 Å². The predicted molar refractivity (Wildman–Crippen MR) is 150 cm³/mol. The number of hydrogen-bond donors (Lipinski definition) is 3. The maximum Gasteiger partial charge on any atom is 0.410 e. The van der Waals surface area contributed by atoms with E-state index in [2.05, 4.69) is 14.8 Å². The van der Waals surface area contributed by atoms with Crippen LogP contribution in [0.5, 0.6) is 5.75 Å². The number of fused-ring (bicyclic) bond motifs is 3. The Balaban J connectivity index is 1.27. The first-order chi connectivity index (χ1) is 19.0. The van der Waals surface area contributed by atoms with Gasteiger partial charge in [0.15, 0.2) is 0 Å². The second kappa shape index (κ2) is 12.6. The van der Waals surface area contributed by atoms with E-state index in [9.17, 15) is 9.90 Å². The molecule has 1 aromatic heterocycles. The first kappa shape index (κ1) is 27.7. The number of benzene rings is 2. The zero-order valence-corrected chi connectivity index (χ0v) is 23.1. The second-order valence-corrected chi connectivity index (χ2v) is 10.6. The molecule has 3 aromatic rings. The van der Waals surface area contributed by atoms with Crippen LogP contribution in [0, 0.1) is 0 Å². The summed E-state index contributed by atoms with van der Waals surface area (Å²) in [5, 5.41) is 21.4. The van der Waals surface area contributed by atoms with Crippen LogP contribution in [0.25, 0.3) is 10.9 Å². The van der Waals surface area contributed by atoms with Gasteiger partial charge in [-0.05, 0) is 54.8 Å². The fourth-order valence-electron chi connectivity index (χ4n) is 5.64. The molecule has 3 N–H and O–H groups in total. The van der Waals surface area contributed by atoms with Gasteiger partial charge in [0.1, 0.15) is 24.5 Å². The molecule has 39 heavy (non-hydrogen) atoms. The van der Waals surface area contributed by atoms with E-state index in [-0.39, 0.29) is 25.3 Å². The molecule has 3 heterocycles. The Bertz CT molecular complexity index is 1260. The van der Waals surface area contributed by atoms with Crippen molar-refractivity contribution in [2.45, 2.75) is 25.5 Å². The maximum absolute atomic E-state index is 12.9. The van der Waals surface area contributed by atoms with Gasteiger partial charge in [0, 0.05) is 67.4 Å². The Labute approximate surface area is 233 Å². The standard InChI is InChI=1S/C29H37ClN4O5/c1-2-38-29(37)34-10-9-24-25-17-21(30)5-8-26(25)31-27(24)28(34)20-3-6-23(7-4-20)39-19-22(36)18-33-13-11-32(12-14-33)15-16-35/h3-8,17,22,28,31,35-36H,2,9-16,18-19H2,1H3. The van der Waals surface area contributed by atoms with Gasteiger partial charge in [-0.1, -0.05) is 23.7 Å². The summed E-state index contributed by atoms with van der Waals surface area (Å²) in [5.74, 6) is 0.660. The lowest BCUT2D eigenvalue weighted by Crippen LogP contribution is -2.49. The lowest BCUT2D eigenvalue weighted by Gasteiger charge is -2.35. The number of ether oxygens (including phenoxy) is 2. The van der Waals surface area contributed by atoms with E-state index in [1.54, 1.807) is 4.90 Å². The Kier molecular flexibility index (Phi) is 8.94. The number of aromatic amines is 1. The highest BCUT2D eigenvalue weighted by Crippen LogP contribution is 2.39. The number of carbonyl (C=O) groups is 1. The van der Waals surface area contributed by atoms with Crippen LogP contribution in [0.1, 0.15) is 29.8 Å². The number of piperazine rings is 1. The van der Waals surface area contributed by atoms with Crippen molar-refractivity contribution in [3.8, 4) is 5.75 Å². The van der Waals surface area contributed by atoms with Gasteiger partial charge in [-0.25, -0.2) is 4.79 Å². The van der Waals surface area contributed by atoms with Crippen LogP contribution in [0.2, 0.25) is 5.02 Å². The Morgan fingerprint density at radius 3 is 2.56 bits per heavy atom. The average molecular weight is 557 g/mol. The number of nitrogens with zero attached hydrogens (tertiary/aromatic N) is 3. The lowest BCUT2D eigenvalue weighted by molar-refractivity contribution is 0.0428. The van der Waals surface area contributed by atoms with Crippen molar-refractivity contribution in [1.82, 2.24) is 19.7 Å². The van der Waals surface area contributed by atoms with Gasteiger partial charge in [-0.15, -0.1) is 0 Å². The number of H-pyrrole nitrogens is 1. The van der Waals surface area contributed by atoms with E-state index in [1.807, 2.05) is 49.4 Å². The SMILES string of the molecule is CCOC(=O)N1CCc2c([nH]c3ccc(Cl)cc23)C1c1ccc(OCC(O)CN2CCN(CCO)CC2)cc1. The number of β-amino-alcohol motifs (C(OH)–C–C–N with tert-alkyl or cyclic N) is 2. The number of nitrogens with one attached hydrogen (secondary N) is 1. The Morgan fingerprint density at radius 1 is 1.10 bits per heavy atom. The first-order valence-electron chi connectivity index (χ1n) is 13.7. The van der Waals surface area contributed by atoms with Crippen molar-refractivity contribution < 1.29 is 24.5 Å². The molecule has 210 valence electrons. The molecule has 5 rings (SSSR count). The van der Waals surface area contributed by atoms with E-state index >= 15 is 0 Å². The molecule has 9 nitrogen and oxygen atoms in total. The van der Waals surface area contributed by atoms with Crippen LogP contribution in [0.4, 0.5) is 4.79 Å².